The van der Waals surface area contributed by atoms with Gasteiger partial charge in [-0.3, -0.25) is 4.68 Å². The number of nitrogens with two attached hydrogens (primary N) is 2. The lowest BCUT2D eigenvalue weighted by atomic mass is 10.2. The molecule has 4 N–H and O–H groups in total. The van der Waals surface area contributed by atoms with Crippen LogP contribution in [0.2, 0.25) is 5.15 Å². The molecule has 0 unspecified atom stereocenters. The van der Waals surface area contributed by atoms with Crippen molar-refractivity contribution < 1.29 is 8.78 Å². The number of benzene rings is 1. The Bertz CT molecular complexity index is 824. The second kappa shape index (κ2) is 4.81. The van der Waals surface area contributed by atoms with Crippen molar-refractivity contribution in [3.8, 4) is 0 Å². The lowest BCUT2D eigenvalue weighted by molar-refractivity contribution is 0.535. The molecular weight excluding hydrogens is 302 g/mol. The monoisotopic (exact) mass is 310 g/mol. The van der Waals surface area contributed by atoms with Crippen molar-refractivity contribution in [1.82, 2.24) is 19.7 Å². The van der Waals surface area contributed by atoms with Crippen molar-refractivity contribution in [3.63, 3.8) is 0 Å². The molecule has 0 amide bonds. The summed E-state index contributed by atoms with van der Waals surface area (Å²) in [5.41, 5.74) is 10.9. The van der Waals surface area contributed by atoms with Crippen LogP contribution in [-0.4, -0.2) is 19.7 Å². The van der Waals surface area contributed by atoms with Gasteiger partial charge in [0.25, 0.3) is 0 Å². The van der Waals surface area contributed by atoms with E-state index in [2.05, 4.69) is 15.1 Å². The minimum Gasteiger partial charge on any atom is -0.399 e. The minimum atomic E-state index is -0.747. The molecule has 0 aliphatic rings. The Morgan fingerprint density at radius 3 is 2.48 bits per heavy atom. The quantitative estimate of drug-likeness (QED) is 0.557. The van der Waals surface area contributed by atoms with E-state index in [0.29, 0.717) is 5.39 Å². The van der Waals surface area contributed by atoms with Gasteiger partial charge in [-0.25, -0.2) is 13.8 Å². The maximum atomic E-state index is 13.8. The Hall–Kier alpha value is -2.48. The van der Waals surface area contributed by atoms with E-state index in [1.54, 1.807) is 0 Å². The molecule has 6 nitrogen and oxygen atoms in total. The molecule has 0 aliphatic heterocycles. The zero-order chi connectivity index (χ0) is 15.1. The van der Waals surface area contributed by atoms with Gasteiger partial charge in [-0.05, 0) is 12.1 Å². The van der Waals surface area contributed by atoms with E-state index in [-0.39, 0.29) is 34.5 Å². The first-order valence-corrected chi connectivity index (χ1v) is 6.21. The van der Waals surface area contributed by atoms with Crippen LogP contribution in [0.15, 0.2) is 18.3 Å². The van der Waals surface area contributed by atoms with Crippen LogP contribution in [0, 0.1) is 11.6 Å². The standard InChI is InChI=1S/C12H9ClF2N6/c13-10-7-4-21(20-11(7)19-12(17)18-10)3-6-8(14)1-5(16)2-9(6)15/h1-2,4H,3,16H2,(H2,17,19,20). The molecule has 0 spiro atoms. The SMILES string of the molecule is Nc1cc(F)c(Cn2cc3c(Cl)nc(N)nc3n2)c(F)c1. The second-order valence-corrected chi connectivity index (χ2v) is 4.76. The third-order valence-electron chi connectivity index (χ3n) is 2.88. The number of nitrogen functional groups attached to an aromatic ring is 2. The zero-order valence-electron chi connectivity index (χ0n) is 10.5. The number of hydrogen-bond acceptors (Lipinski definition) is 5. The molecule has 0 atom stereocenters. The number of nitrogens with zero attached hydrogens (tertiary/aromatic N) is 4. The summed E-state index contributed by atoms with van der Waals surface area (Å²) < 4.78 is 28.8. The van der Waals surface area contributed by atoms with E-state index in [1.807, 2.05) is 0 Å². The number of aromatic nitrogens is 4. The molecule has 3 rings (SSSR count). The number of anilines is 2. The van der Waals surface area contributed by atoms with Crippen LogP contribution in [0.3, 0.4) is 0 Å². The first-order valence-electron chi connectivity index (χ1n) is 5.83. The molecule has 0 fully saturated rings. The van der Waals surface area contributed by atoms with Gasteiger partial charge in [0.15, 0.2) is 5.65 Å². The van der Waals surface area contributed by atoms with Crippen LogP contribution in [0.5, 0.6) is 0 Å². The number of hydrogen-bond donors (Lipinski definition) is 2. The predicted octanol–water partition coefficient (Wildman–Crippen LogP) is 1.97. The Labute approximate surface area is 122 Å². The Kier molecular flexibility index (Phi) is 3.09. The molecule has 2 aromatic heterocycles. The first-order chi connectivity index (χ1) is 9.94. The summed E-state index contributed by atoms with van der Waals surface area (Å²) in [6.45, 7) is -0.134. The smallest absolute Gasteiger partial charge is 0.223 e. The van der Waals surface area contributed by atoms with Gasteiger partial charge >= 0.3 is 0 Å². The van der Waals surface area contributed by atoms with Crippen molar-refractivity contribution in [2.24, 2.45) is 0 Å². The first kappa shape index (κ1) is 13.5. The fourth-order valence-corrected chi connectivity index (χ4v) is 2.17. The van der Waals surface area contributed by atoms with E-state index >= 15 is 0 Å². The fourth-order valence-electron chi connectivity index (χ4n) is 1.95. The highest BCUT2D eigenvalue weighted by Gasteiger charge is 2.14. The Morgan fingerprint density at radius 1 is 1.14 bits per heavy atom. The number of fused-ring (bicyclic) bond motifs is 1. The van der Waals surface area contributed by atoms with E-state index in [0.717, 1.165) is 12.1 Å². The molecule has 2 heterocycles. The highest BCUT2D eigenvalue weighted by molar-refractivity contribution is 6.34. The van der Waals surface area contributed by atoms with Gasteiger partial charge in [-0.15, -0.1) is 0 Å². The van der Waals surface area contributed by atoms with E-state index in [1.165, 1.54) is 10.9 Å². The molecule has 108 valence electrons. The molecule has 0 bridgehead atoms. The summed E-state index contributed by atoms with van der Waals surface area (Å²) in [4.78, 5) is 7.68. The topological polar surface area (TPSA) is 95.6 Å². The van der Waals surface area contributed by atoms with Crippen LogP contribution in [0.4, 0.5) is 20.4 Å². The van der Waals surface area contributed by atoms with Crippen molar-refractivity contribution in [2.75, 3.05) is 11.5 Å². The molecule has 0 saturated heterocycles. The summed E-state index contributed by atoms with van der Waals surface area (Å²) in [6.07, 6.45) is 1.49. The zero-order valence-corrected chi connectivity index (χ0v) is 11.3. The molecule has 1 aromatic carbocycles. The van der Waals surface area contributed by atoms with Crippen molar-refractivity contribution in [2.45, 2.75) is 6.54 Å². The summed E-state index contributed by atoms with van der Waals surface area (Å²) in [7, 11) is 0. The van der Waals surface area contributed by atoms with Crippen LogP contribution < -0.4 is 11.5 Å². The molecular formula is C12H9ClF2N6. The van der Waals surface area contributed by atoms with E-state index in [9.17, 15) is 8.78 Å². The van der Waals surface area contributed by atoms with Gasteiger partial charge in [-0.2, -0.15) is 10.1 Å². The average Bonchev–Trinajstić information content (AvgIpc) is 2.76. The van der Waals surface area contributed by atoms with Gasteiger partial charge in [0, 0.05) is 17.4 Å². The van der Waals surface area contributed by atoms with Gasteiger partial charge in [-0.1, -0.05) is 11.6 Å². The molecule has 3 aromatic rings. The van der Waals surface area contributed by atoms with Gasteiger partial charge in [0.2, 0.25) is 5.95 Å². The third-order valence-corrected chi connectivity index (χ3v) is 3.17. The predicted molar refractivity (Wildman–Crippen MR) is 74.6 cm³/mol. The molecule has 0 saturated carbocycles. The van der Waals surface area contributed by atoms with Gasteiger partial charge < -0.3 is 11.5 Å². The molecule has 0 aliphatic carbocycles. The average molecular weight is 311 g/mol. The van der Waals surface area contributed by atoms with Crippen LogP contribution in [0.1, 0.15) is 5.56 Å². The lowest BCUT2D eigenvalue weighted by Gasteiger charge is -2.06. The summed E-state index contributed by atoms with van der Waals surface area (Å²) in [6, 6.07) is 2.10. The van der Waals surface area contributed by atoms with Crippen molar-refractivity contribution in [3.05, 3.63) is 40.7 Å². The fraction of sp³-hybridized carbons (Fsp3) is 0.0833. The van der Waals surface area contributed by atoms with Crippen molar-refractivity contribution >= 4 is 34.3 Å². The summed E-state index contributed by atoms with van der Waals surface area (Å²) >= 11 is 5.91. The van der Waals surface area contributed by atoms with Gasteiger partial charge in [0.1, 0.15) is 16.8 Å². The van der Waals surface area contributed by atoms with Crippen LogP contribution in [-0.2, 0) is 6.54 Å². The normalized spacial score (nSPS) is 11.2. The highest BCUT2D eigenvalue weighted by atomic mass is 35.5. The van der Waals surface area contributed by atoms with Gasteiger partial charge in [0.05, 0.1) is 11.9 Å². The maximum absolute atomic E-state index is 13.8. The molecule has 0 radical (unpaired) electrons. The summed E-state index contributed by atoms with van der Waals surface area (Å²) in [5.74, 6) is -1.52. The largest absolute Gasteiger partial charge is 0.399 e. The Balaban J connectivity index is 2.05. The molecule has 9 heteroatoms. The van der Waals surface area contributed by atoms with Crippen LogP contribution >= 0.6 is 11.6 Å². The Morgan fingerprint density at radius 2 is 1.81 bits per heavy atom. The second-order valence-electron chi connectivity index (χ2n) is 4.40. The summed E-state index contributed by atoms with van der Waals surface area (Å²) in [5, 5.41) is 4.64. The van der Waals surface area contributed by atoms with E-state index in [4.69, 9.17) is 23.1 Å². The maximum Gasteiger partial charge on any atom is 0.223 e. The minimum absolute atomic E-state index is 0.0149. The highest BCUT2D eigenvalue weighted by Crippen LogP contribution is 2.22. The van der Waals surface area contributed by atoms with E-state index < -0.39 is 11.6 Å². The molecule has 21 heavy (non-hydrogen) atoms. The lowest BCUT2D eigenvalue weighted by Crippen LogP contribution is -2.06. The number of halogens is 3. The third kappa shape index (κ3) is 2.45. The van der Waals surface area contributed by atoms with Crippen molar-refractivity contribution in [1.29, 1.82) is 0 Å². The number of rotatable bonds is 2. The van der Waals surface area contributed by atoms with Crippen LogP contribution in [0.25, 0.3) is 11.0 Å².